The third-order valence-electron chi connectivity index (χ3n) is 3.26. The molecule has 5 heteroatoms. The number of ether oxygens (including phenoxy) is 1. The van der Waals surface area contributed by atoms with Gasteiger partial charge >= 0.3 is 6.09 Å². The minimum atomic E-state index is -0.384. The van der Waals surface area contributed by atoms with E-state index in [1.807, 2.05) is 25.7 Å². The molecule has 2 heterocycles. The molecule has 0 unspecified atom stereocenters. The monoisotopic (exact) mass is 262 g/mol. The largest absolute Gasteiger partial charge is 0.444 e. The highest BCUT2D eigenvalue weighted by molar-refractivity contribution is 5.85. The third-order valence-corrected chi connectivity index (χ3v) is 3.26. The highest BCUT2D eigenvalue weighted by Crippen LogP contribution is 2.36. The van der Waals surface area contributed by atoms with Crippen molar-refractivity contribution in [1.82, 2.24) is 10.2 Å². The van der Waals surface area contributed by atoms with Gasteiger partial charge in [-0.2, -0.15) is 0 Å². The van der Waals surface area contributed by atoms with Crippen LogP contribution >= 0.6 is 12.4 Å². The molecule has 2 fully saturated rings. The van der Waals surface area contributed by atoms with E-state index in [1.54, 1.807) is 0 Å². The summed E-state index contributed by atoms with van der Waals surface area (Å²) >= 11 is 0. The van der Waals surface area contributed by atoms with E-state index < -0.39 is 0 Å². The summed E-state index contributed by atoms with van der Waals surface area (Å²) in [6.45, 7) is 9.60. The van der Waals surface area contributed by atoms with Crippen molar-refractivity contribution >= 4 is 18.5 Å². The summed E-state index contributed by atoms with van der Waals surface area (Å²) < 4.78 is 5.34. The molecule has 0 aromatic rings. The van der Waals surface area contributed by atoms with Crippen molar-refractivity contribution in [3.05, 3.63) is 0 Å². The van der Waals surface area contributed by atoms with Crippen molar-refractivity contribution in [2.75, 3.05) is 26.2 Å². The van der Waals surface area contributed by atoms with Crippen molar-refractivity contribution in [3.8, 4) is 0 Å². The molecule has 0 aliphatic carbocycles. The van der Waals surface area contributed by atoms with Crippen molar-refractivity contribution in [2.24, 2.45) is 5.41 Å². The maximum Gasteiger partial charge on any atom is 0.410 e. The molecule has 0 atom stereocenters. The van der Waals surface area contributed by atoms with Gasteiger partial charge in [0, 0.05) is 25.0 Å². The second kappa shape index (κ2) is 5.02. The van der Waals surface area contributed by atoms with Crippen molar-refractivity contribution in [2.45, 2.75) is 39.2 Å². The summed E-state index contributed by atoms with van der Waals surface area (Å²) in [6, 6.07) is 0. The van der Waals surface area contributed by atoms with Gasteiger partial charge in [-0.3, -0.25) is 0 Å². The zero-order valence-corrected chi connectivity index (χ0v) is 11.7. The summed E-state index contributed by atoms with van der Waals surface area (Å²) in [6.07, 6.45) is 2.30. The van der Waals surface area contributed by atoms with E-state index in [1.165, 1.54) is 12.8 Å². The van der Waals surface area contributed by atoms with Crippen LogP contribution in [-0.4, -0.2) is 42.8 Å². The SMILES string of the molecule is CC(C)(C)OC(=O)N1CC2(CCCNC2)C1.Cl. The van der Waals surface area contributed by atoms with Crippen LogP contribution in [0.25, 0.3) is 0 Å². The number of carbonyl (C=O) groups is 1. The predicted molar refractivity (Wildman–Crippen MR) is 69.6 cm³/mol. The van der Waals surface area contributed by atoms with Gasteiger partial charge in [0.25, 0.3) is 0 Å². The normalized spacial score (nSPS) is 22.6. The van der Waals surface area contributed by atoms with Crippen LogP contribution in [0.3, 0.4) is 0 Å². The molecule has 2 rings (SSSR count). The second-order valence-electron chi connectivity index (χ2n) is 6.12. The minimum absolute atomic E-state index is 0. The minimum Gasteiger partial charge on any atom is -0.444 e. The summed E-state index contributed by atoms with van der Waals surface area (Å²) in [5.41, 5.74) is -0.0419. The molecule has 4 nitrogen and oxygen atoms in total. The first-order valence-electron chi connectivity index (χ1n) is 6.09. The highest BCUT2D eigenvalue weighted by atomic mass is 35.5. The van der Waals surface area contributed by atoms with E-state index in [0.717, 1.165) is 26.2 Å². The quantitative estimate of drug-likeness (QED) is 0.726. The Kier molecular flexibility index (Phi) is 4.31. The Morgan fingerprint density at radius 2 is 2.00 bits per heavy atom. The van der Waals surface area contributed by atoms with E-state index in [2.05, 4.69) is 5.32 Å². The highest BCUT2D eigenvalue weighted by Gasteiger charge is 2.46. The molecule has 0 aromatic carbocycles. The Labute approximate surface area is 109 Å². The molecule has 2 saturated heterocycles. The van der Waals surface area contributed by atoms with E-state index in [0.29, 0.717) is 5.41 Å². The molecule has 0 aromatic heterocycles. The van der Waals surface area contributed by atoms with E-state index in [9.17, 15) is 4.79 Å². The van der Waals surface area contributed by atoms with Crippen LogP contribution in [-0.2, 0) is 4.74 Å². The van der Waals surface area contributed by atoms with Gasteiger partial charge in [-0.1, -0.05) is 0 Å². The van der Waals surface area contributed by atoms with E-state index in [4.69, 9.17) is 4.74 Å². The van der Waals surface area contributed by atoms with Gasteiger partial charge in [-0.25, -0.2) is 4.79 Å². The molecular formula is C12H23ClN2O2. The molecule has 17 heavy (non-hydrogen) atoms. The van der Waals surface area contributed by atoms with Crippen LogP contribution in [0.15, 0.2) is 0 Å². The first kappa shape index (κ1) is 14.6. The Balaban J connectivity index is 0.00000144. The topological polar surface area (TPSA) is 41.6 Å². The van der Waals surface area contributed by atoms with Crippen molar-refractivity contribution in [3.63, 3.8) is 0 Å². The van der Waals surface area contributed by atoms with Crippen LogP contribution in [0.4, 0.5) is 4.79 Å². The van der Waals surface area contributed by atoms with Crippen LogP contribution in [0.1, 0.15) is 33.6 Å². The molecule has 2 aliphatic rings. The van der Waals surface area contributed by atoms with Gasteiger partial charge in [0.1, 0.15) is 5.60 Å². The van der Waals surface area contributed by atoms with Gasteiger partial charge in [0.05, 0.1) is 0 Å². The summed E-state index contributed by atoms with van der Waals surface area (Å²) in [5.74, 6) is 0. The molecular weight excluding hydrogens is 240 g/mol. The number of hydrogen-bond donors (Lipinski definition) is 1. The number of halogens is 1. The fourth-order valence-corrected chi connectivity index (χ4v) is 2.52. The Bertz CT molecular complexity index is 275. The molecule has 0 radical (unpaired) electrons. The maximum atomic E-state index is 11.8. The van der Waals surface area contributed by atoms with Crippen LogP contribution in [0, 0.1) is 5.41 Å². The fraction of sp³-hybridized carbons (Fsp3) is 0.917. The lowest BCUT2D eigenvalue weighted by molar-refractivity contribution is -0.0426. The average Bonchev–Trinajstić information content (AvgIpc) is 2.12. The lowest BCUT2D eigenvalue weighted by atomic mass is 9.74. The van der Waals surface area contributed by atoms with Crippen molar-refractivity contribution in [1.29, 1.82) is 0 Å². The zero-order chi connectivity index (χ0) is 11.8. The summed E-state index contributed by atoms with van der Waals surface area (Å²) in [5, 5.41) is 3.41. The Hall–Kier alpha value is -0.480. The van der Waals surface area contributed by atoms with Crippen LogP contribution in [0.2, 0.25) is 0 Å². The molecule has 2 aliphatic heterocycles. The van der Waals surface area contributed by atoms with E-state index >= 15 is 0 Å². The van der Waals surface area contributed by atoms with Crippen molar-refractivity contribution < 1.29 is 9.53 Å². The number of hydrogen-bond acceptors (Lipinski definition) is 3. The van der Waals surface area contributed by atoms with Crippen LogP contribution in [0.5, 0.6) is 0 Å². The van der Waals surface area contributed by atoms with Gasteiger partial charge in [0.15, 0.2) is 0 Å². The van der Waals surface area contributed by atoms with Gasteiger partial charge in [0.2, 0.25) is 0 Å². The zero-order valence-electron chi connectivity index (χ0n) is 10.9. The Morgan fingerprint density at radius 3 is 2.47 bits per heavy atom. The predicted octanol–water partition coefficient (Wildman–Crippen LogP) is 2.03. The van der Waals surface area contributed by atoms with Gasteiger partial charge in [-0.15, -0.1) is 12.4 Å². The fourth-order valence-electron chi connectivity index (χ4n) is 2.52. The smallest absolute Gasteiger partial charge is 0.410 e. The number of piperidine rings is 1. The standard InChI is InChI=1S/C12H22N2O2.ClH/c1-11(2,3)16-10(15)14-8-12(9-14)5-4-6-13-7-12;/h13H,4-9H2,1-3H3;1H. The second-order valence-corrected chi connectivity index (χ2v) is 6.12. The molecule has 100 valence electrons. The Morgan fingerprint density at radius 1 is 1.35 bits per heavy atom. The number of rotatable bonds is 0. The third kappa shape index (κ3) is 3.49. The first-order valence-corrected chi connectivity index (χ1v) is 6.09. The maximum absolute atomic E-state index is 11.8. The summed E-state index contributed by atoms with van der Waals surface area (Å²) in [7, 11) is 0. The number of nitrogens with zero attached hydrogens (tertiary/aromatic N) is 1. The molecule has 0 saturated carbocycles. The van der Waals surface area contributed by atoms with Gasteiger partial charge in [-0.05, 0) is 40.2 Å². The number of carbonyl (C=O) groups excluding carboxylic acids is 1. The lowest BCUT2D eigenvalue weighted by Gasteiger charge is -2.52. The molecule has 1 N–H and O–H groups in total. The number of nitrogens with one attached hydrogen (secondary N) is 1. The van der Waals surface area contributed by atoms with Crippen LogP contribution < -0.4 is 5.32 Å². The number of likely N-dealkylation sites (tertiary alicyclic amines) is 1. The first-order chi connectivity index (χ1) is 7.40. The van der Waals surface area contributed by atoms with E-state index in [-0.39, 0.29) is 24.1 Å². The molecule has 0 bridgehead atoms. The van der Waals surface area contributed by atoms with Gasteiger partial charge < -0.3 is 15.0 Å². The molecule has 1 spiro atoms. The lowest BCUT2D eigenvalue weighted by Crippen LogP contribution is -2.64. The molecule has 1 amide bonds. The summed E-state index contributed by atoms with van der Waals surface area (Å²) in [4.78, 5) is 13.6. The average molecular weight is 263 g/mol. The number of amides is 1.